The van der Waals surface area contributed by atoms with Gasteiger partial charge in [-0.2, -0.15) is 0 Å². The molecule has 11 nitrogen and oxygen atoms in total. The zero-order chi connectivity index (χ0) is 26.0. The van der Waals surface area contributed by atoms with E-state index in [1.165, 1.54) is 5.57 Å². The van der Waals surface area contributed by atoms with E-state index in [1.54, 1.807) is 0 Å². The van der Waals surface area contributed by atoms with E-state index in [2.05, 4.69) is 31.4 Å². The molecule has 0 atom stereocenters. The lowest BCUT2D eigenvalue weighted by atomic mass is 10.1. The molecular formula is C24H59N11. The summed E-state index contributed by atoms with van der Waals surface area (Å²) in [5, 5.41) is 6.97. The first-order chi connectivity index (χ1) is 17.1. The van der Waals surface area contributed by atoms with Crippen molar-refractivity contribution in [3.05, 3.63) is 11.6 Å². The molecule has 0 spiro atoms. The van der Waals surface area contributed by atoms with Crippen LogP contribution in [-0.4, -0.2) is 139 Å². The fraction of sp³-hybridized carbons (Fsp3) is 0.917. The van der Waals surface area contributed by atoms with Crippen molar-refractivity contribution in [2.45, 2.75) is 19.3 Å². The predicted molar refractivity (Wildman–Crippen MR) is 151 cm³/mol. The van der Waals surface area contributed by atoms with Crippen molar-refractivity contribution >= 4 is 0 Å². The van der Waals surface area contributed by atoms with Gasteiger partial charge in [0.1, 0.15) is 0 Å². The van der Waals surface area contributed by atoms with Crippen LogP contribution in [0.4, 0.5) is 0 Å². The van der Waals surface area contributed by atoms with Gasteiger partial charge in [-0.15, -0.1) is 0 Å². The number of nitrogens with zero attached hydrogens (tertiary/aromatic N) is 3. The summed E-state index contributed by atoms with van der Waals surface area (Å²) in [6.07, 6.45) is 5.16. The summed E-state index contributed by atoms with van der Waals surface area (Å²) in [5.41, 5.74) is 35.9. The van der Waals surface area contributed by atoms with Crippen LogP contribution >= 0.6 is 0 Å². The number of rotatable bonds is 27. The summed E-state index contributed by atoms with van der Waals surface area (Å²) in [6, 6.07) is 0. The molecule has 0 aromatic carbocycles. The van der Waals surface area contributed by atoms with Crippen LogP contribution in [0.1, 0.15) is 19.3 Å². The molecule has 11 heteroatoms. The maximum atomic E-state index is 5.83. The Hall–Kier alpha value is -0.700. The number of hydrogen-bond donors (Lipinski definition) is 8. The van der Waals surface area contributed by atoms with Crippen LogP contribution in [0.15, 0.2) is 11.6 Å². The number of hydrogen-bond acceptors (Lipinski definition) is 11. The Morgan fingerprint density at radius 1 is 0.457 bits per heavy atom. The molecule has 0 saturated heterocycles. The third-order valence-electron chi connectivity index (χ3n) is 6.02. The second-order valence-corrected chi connectivity index (χ2v) is 8.91. The van der Waals surface area contributed by atoms with E-state index >= 15 is 0 Å². The van der Waals surface area contributed by atoms with Crippen LogP contribution < -0.4 is 45.0 Å². The first kappa shape index (κ1) is 34.3. The van der Waals surface area contributed by atoms with E-state index < -0.39 is 0 Å². The van der Waals surface area contributed by atoms with Gasteiger partial charge in [-0.3, -0.25) is 9.80 Å². The quantitative estimate of drug-likeness (QED) is 0.0421. The minimum Gasteiger partial charge on any atom is -0.330 e. The van der Waals surface area contributed by atoms with Crippen molar-refractivity contribution < 1.29 is 0 Å². The van der Waals surface area contributed by atoms with Crippen molar-refractivity contribution in [3.8, 4) is 0 Å². The van der Waals surface area contributed by atoms with E-state index in [0.717, 1.165) is 104 Å². The number of nitrogens with two attached hydrogens (primary N) is 6. The molecule has 14 N–H and O–H groups in total. The van der Waals surface area contributed by atoms with Crippen LogP contribution in [0.3, 0.4) is 0 Å². The van der Waals surface area contributed by atoms with E-state index in [4.69, 9.17) is 34.4 Å². The van der Waals surface area contributed by atoms with Crippen LogP contribution in [-0.2, 0) is 0 Å². The average Bonchev–Trinajstić information content (AvgIpc) is 2.85. The molecule has 0 aliphatic heterocycles. The topological polar surface area (TPSA) is 190 Å². The average molecular weight is 502 g/mol. The monoisotopic (exact) mass is 501 g/mol. The third-order valence-corrected chi connectivity index (χ3v) is 6.02. The molecule has 0 unspecified atom stereocenters. The van der Waals surface area contributed by atoms with Gasteiger partial charge in [0, 0.05) is 111 Å². The zero-order valence-electron chi connectivity index (χ0n) is 22.4. The molecule has 0 aliphatic carbocycles. The highest BCUT2D eigenvalue weighted by molar-refractivity contribution is 5.03. The zero-order valence-corrected chi connectivity index (χ0v) is 22.4. The van der Waals surface area contributed by atoms with Crippen molar-refractivity contribution in [1.82, 2.24) is 25.3 Å². The molecule has 0 radical (unpaired) electrons. The standard InChI is InChI=1S/C24H59N11/c25-5-1-2-24(3-6-26)4-15-33(22-23-34(16-8-28)17-9-29)19-13-32-14-21-35(18-10-30)20-12-31-11-7-27/h2,31-32H,1,3-23,25-30H2/b24-2+. The van der Waals surface area contributed by atoms with E-state index in [0.29, 0.717) is 39.3 Å². The van der Waals surface area contributed by atoms with Gasteiger partial charge in [0.15, 0.2) is 0 Å². The summed E-state index contributed by atoms with van der Waals surface area (Å²) in [5.74, 6) is 0. The molecule has 35 heavy (non-hydrogen) atoms. The minimum absolute atomic E-state index is 0.658. The Morgan fingerprint density at radius 2 is 0.943 bits per heavy atom. The normalized spacial score (nSPS) is 12.5. The van der Waals surface area contributed by atoms with Crippen LogP contribution in [0.2, 0.25) is 0 Å². The molecule has 0 aliphatic rings. The fourth-order valence-electron chi connectivity index (χ4n) is 4.00. The Morgan fingerprint density at radius 3 is 1.40 bits per heavy atom. The summed E-state index contributed by atoms with van der Waals surface area (Å²) in [7, 11) is 0. The molecule has 0 saturated carbocycles. The third kappa shape index (κ3) is 21.1. The van der Waals surface area contributed by atoms with Gasteiger partial charge in [0.05, 0.1) is 0 Å². The summed E-state index contributed by atoms with van der Waals surface area (Å²) in [6.45, 7) is 16.4. The van der Waals surface area contributed by atoms with Crippen molar-refractivity contribution in [2.75, 3.05) is 124 Å². The summed E-state index contributed by atoms with van der Waals surface area (Å²) in [4.78, 5) is 7.29. The Labute approximate surface area is 215 Å². The second-order valence-electron chi connectivity index (χ2n) is 8.91. The van der Waals surface area contributed by atoms with Crippen LogP contribution in [0.5, 0.6) is 0 Å². The lowest BCUT2D eigenvalue weighted by Gasteiger charge is -2.28. The highest BCUT2D eigenvalue weighted by Crippen LogP contribution is 2.09. The lowest BCUT2D eigenvalue weighted by Crippen LogP contribution is -2.43. The minimum atomic E-state index is 0.658. The van der Waals surface area contributed by atoms with E-state index in [-0.39, 0.29) is 0 Å². The predicted octanol–water partition coefficient (Wildman–Crippen LogP) is -3.08. The second kappa shape index (κ2) is 26.4. The molecule has 210 valence electrons. The van der Waals surface area contributed by atoms with Crippen LogP contribution in [0.25, 0.3) is 0 Å². The highest BCUT2D eigenvalue weighted by atomic mass is 15.2. The molecular weight excluding hydrogens is 442 g/mol. The largest absolute Gasteiger partial charge is 0.330 e. The molecule has 0 heterocycles. The first-order valence-electron chi connectivity index (χ1n) is 13.6. The first-order valence-corrected chi connectivity index (χ1v) is 13.6. The molecule has 0 fully saturated rings. The molecule has 0 amide bonds. The van der Waals surface area contributed by atoms with Gasteiger partial charge in [-0.25, -0.2) is 0 Å². The van der Waals surface area contributed by atoms with Gasteiger partial charge in [-0.1, -0.05) is 11.6 Å². The van der Waals surface area contributed by atoms with Gasteiger partial charge in [-0.05, 0) is 32.4 Å². The van der Waals surface area contributed by atoms with Crippen LogP contribution in [0, 0.1) is 0 Å². The Balaban J connectivity index is 4.64. The van der Waals surface area contributed by atoms with Crippen molar-refractivity contribution in [1.29, 1.82) is 0 Å². The Kier molecular flexibility index (Phi) is 25.8. The van der Waals surface area contributed by atoms with Crippen molar-refractivity contribution in [2.24, 2.45) is 34.4 Å². The molecule has 0 aromatic heterocycles. The maximum Gasteiger partial charge on any atom is 0.0110 e. The fourth-order valence-corrected chi connectivity index (χ4v) is 4.00. The molecule has 0 bridgehead atoms. The van der Waals surface area contributed by atoms with Gasteiger partial charge >= 0.3 is 0 Å². The smallest absolute Gasteiger partial charge is 0.0110 e. The van der Waals surface area contributed by atoms with Gasteiger partial charge in [0.2, 0.25) is 0 Å². The molecule has 0 rings (SSSR count). The summed E-state index contributed by atoms with van der Waals surface area (Å²) < 4.78 is 0. The van der Waals surface area contributed by atoms with E-state index in [1.807, 2.05) is 0 Å². The van der Waals surface area contributed by atoms with E-state index in [9.17, 15) is 0 Å². The summed E-state index contributed by atoms with van der Waals surface area (Å²) >= 11 is 0. The highest BCUT2D eigenvalue weighted by Gasteiger charge is 2.10. The van der Waals surface area contributed by atoms with Gasteiger partial charge in [0.25, 0.3) is 0 Å². The number of nitrogens with one attached hydrogen (secondary N) is 2. The maximum absolute atomic E-state index is 5.83. The van der Waals surface area contributed by atoms with Gasteiger partial charge < -0.3 is 49.9 Å². The lowest BCUT2D eigenvalue weighted by molar-refractivity contribution is 0.208. The Bertz CT molecular complexity index is 459. The molecule has 0 aromatic rings. The van der Waals surface area contributed by atoms with Crippen molar-refractivity contribution in [3.63, 3.8) is 0 Å². The SMILES string of the molecule is NCC/C=C(\CCN)CCN(CCNCCN(CCN)CCNCCN)CCN(CCN)CCN.